The molecule has 0 aromatic carbocycles. The molecule has 0 bridgehead atoms. The van der Waals surface area contributed by atoms with Crippen LogP contribution in [-0.2, 0) is 9.53 Å². The minimum Gasteiger partial charge on any atom is -0.431 e. The third-order valence-corrected chi connectivity index (χ3v) is 3.50. The van der Waals surface area contributed by atoms with E-state index in [2.05, 4.69) is 18.0 Å². The lowest BCUT2D eigenvalue weighted by atomic mass is 9.89. The molecule has 3 heteroatoms. The summed E-state index contributed by atoms with van der Waals surface area (Å²) in [5.41, 5.74) is 0. The lowest BCUT2D eigenvalue weighted by molar-refractivity contribution is -0.139. The van der Waals surface area contributed by atoms with Crippen molar-refractivity contribution in [3.8, 4) is 0 Å². The zero-order chi connectivity index (χ0) is 10.8. The summed E-state index contributed by atoms with van der Waals surface area (Å²) in [4.78, 5) is 13.5. The van der Waals surface area contributed by atoms with Crippen molar-refractivity contribution >= 4 is 5.97 Å². The molecule has 0 aromatic rings. The lowest BCUT2D eigenvalue weighted by Crippen LogP contribution is -2.30. The Balaban J connectivity index is 2.02. The largest absolute Gasteiger partial charge is 0.431 e. The first-order chi connectivity index (χ1) is 7.20. The fourth-order valence-electron chi connectivity index (χ4n) is 2.53. The Kier molecular flexibility index (Phi) is 3.10. The Hall–Kier alpha value is -0.830. The Morgan fingerprint density at radius 2 is 2.40 bits per heavy atom. The van der Waals surface area contributed by atoms with Crippen molar-refractivity contribution in [3.63, 3.8) is 0 Å². The Bertz CT molecular complexity index is 285. The van der Waals surface area contributed by atoms with Crippen LogP contribution in [0.2, 0.25) is 0 Å². The third kappa shape index (κ3) is 2.23. The van der Waals surface area contributed by atoms with Crippen LogP contribution in [0.3, 0.4) is 0 Å². The minimum absolute atomic E-state index is 0.111. The first kappa shape index (κ1) is 10.7. The van der Waals surface area contributed by atoms with Crippen LogP contribution in [0.4, 0.5) is 0 Å². The van der Waals surface area contributed by atoms with Gasteiger partial charge in [-0.2, -0.15) is 0 Å². The molecule has 2 aliphatic rings. The number of fused-ring (bicyclic) bond motifs is 1. The maximum Gasteiger partial charge on any atom is 0.310 e. The van der Waals surface area contributed by atoms with Crippen LogP contribution >= 0.6 is 0 Å². The summed E-state index contributed by atoms with van der Waals surface area (Å²) >= 11 is 0. The molecule has 2 atom stereocenters. The highest BCUT2D eigenvalue weighted by atomic mass is 16.5. The highest BCUT2D eigenvalue weighted by Crippen LogP contribution is 2.34. The molecule has 1 heterocycles. The number of nitrogens with zero attached hydrogens (tertiary/aromatic N) is 1. The SMILES string of the molecule is CCC(=O)OC1=CC2C(CC1)CCN2C. The molecule has 0 amide bonds. The molecule has 84 valence electrons. The van der Waals surface area contributed by atoms with Crippen molar-refractivity contribution < 1.29 is 9.53 Å². The van der Waals surface area contributed by atoms with Gasteiger partial charge >= 0.3 is 5.97 Å². The van der Waals surface area contributed by atoms with Gasteiger partial charge in [0.1, 0.15) is 5.76 Å². The van der Waals surface area contributed by atoms with Gasteiger partial charge in [0.25, 0.3) is 0 Å². The van der Waals surface area contributed by atoms with Gasteiger partial charge in [0, 0.05) is 18.9 Å². The maximum atomic E-state index is 11.2. The van der Waals surface area contributed by atoms with E-state index < -0.39 is 0 Å². The predicted molar refractivity (Wildman–Crippen MR) is 58.2 cm³/mol. The quantitative estimate of drug-likeness (QED) is 0.651. The van der Waals surface area contributed by atoms with Gasteiger partial charge in [-0.25, -0.2) is 0 Å². The number of ether oxygens (including phenoxy) is 1. The van der Waals surface area contributed by atoms with Crippen molar-refractivity contribution in [2.75, 3.05) is 13.6 Å². The van der Waals surface area contributed by atoms with Crippen LogP contribution in [0.5, 0.6) is 0 Å². The summed E-state index contributed by atoms with van der Waals surface area (Å²) < 4.78 is 5.29. The van der Waals surface area contributed by atoms with Gasteiger partial charge in [-0.05, 0) is 38.4 Å². The molecule has 1 fully saturated rings. The Morgan fingerprint density at radius 1 is 1.60 bits per heavy atom. The van der Waals surface area contributed by atoms with Crippen LogP contribution in [0.1, 0.15) is 32.6 Å². The fraction of sp³-hybridized carbons (Fsp3) is 0.750. The van der Waals surface area contributed by atoms with Crippen LogP contribution in [0, 0.1) is 5.92 Å². The summed E-state index contributed by atoms with van der Waals surface area (Å²) in [6.45, 7) is 3.00. The van der Waals surface area contributed by atoms with E-state index in [1.54, 1.807) is 0 Å². The molecule has 1 aliphatic carbocycles. The van der Waals surface area contributed by atoms with Gasteiger partial charge in [0.2, 0.25) is 0 Å². The fourth-order valence-corrected chi connectivity index (χ4v) is 2.53. The first-order valence-corrected chi connectivity index (χ1v) is 5.82. The van der Waals surface area contributed by atoms with Crippen LogP contribution < -0.4 is 0 Å². The van der Waals surface area contributed by atoms with Gasteiger partial charge in [0.15, 0.2) is 0 Å². The molecule has 0 saturated carbocycles. The normalized spacial score (nSPS) is 30.9. The third-order valence-electron chi connectivity index (χ3n) is 3.50. The summed E-state index contributed by atoms with van der Waals surface area (Å²) in [5, 5.41) is 0. The highest BCUT2D eigenvalue weighted by Gasteiger charge is 2.33. The van der Waals surface area contributed by atoms with Crippen LogP contribution in [0.25, 0.3) is 0 Å². The van der Waals surface area contributed by atoms with E-state index in [1.165, 1.54) is 13.0 Å². The van der Waals surface area contributed by atoms with Crippen LogP contribution in [-0.4, -0.2) is 30.5 Å². The molecule has 0 radical (unpaired) electrons. The van der Waals surface area contributed by atoms with E-state index in [1.807, 2.05) is 6.92 Å². The number of likely N-dealkylation sites (N-methyl/N-ethyl adjacent to an activating group) is 1. The molecule has 3 nitrogen and oxygen atoms in total. The number of allylic oxidation sites excluding steroid dienone is 1. The van der Waals surface area contributed by atoms with E-state index in [0.29, 0.717) is 12.5 Å². The van der Waals surface area contributed by atoms with Gasteiger partial charge in [0.05, 0.1) is 0 Å². The second-order valence-electron chi connectivity index (χ2n) is 4.52. The van der Waals surface area contributed by atoms with Crippen LogP contribution in [0.15, 0.2) is 11.8 Å². The van der Waals surface area contributed by atoms with E-state index >= 15 is 0 Å². The van der Waals surface area contributed by atoms with Gasteiger partial charge < -0.3 is 4.74 Å². The minimum atomic E-state index is -0.111. The second kappa shape index (κ2) is 4.35. The molecule has 2 unspecified atom stereocenters. The molecule has 0 spiro atoms. The van der Waals surface area contributed by atoms with Crippen molar-refractivity contribution in [3.05, 3.63) is 11.8 Å². The number of carbonyl (C=O) groups is 1. The molecule has 15 heavy (non-hydrogen) atoms. The average Bonchev–Trinajstić information content (AvgIpc) is 2.60. The molecule has 1 aliphatic heterocycles. The molecule has 0 aromatic heterocycles. The smallest absolute Gasteiger partial charge is 0.310 e. The molecular weight excluding hydrogens is 190 g/mol. The first-order valence-electron chi connectivity index (χ1n) is 5.82. The average molecular weight is 209 g/mol. The summed E-state index contributed by atoms with van der Waals surface area (Å²) in [6, 6.07) is 0.499. The lowest BCUT2D eigenvalue weighted by Gasteiger charge is -2.27. The number of carbonyl (C=O) groups excluding carboxylic acids is 1. The number of rotatable bonds is 2. The summed E-state index contributed by atoms with van der Waals surface area (Å²) in [5.74, 6) is 1.55. The molecule has 1 saturated heterocycles. The highest BCUT2D eigenvalue weighted by molar-refractivity contribution is 5.70. The summed E-state index contributed by atoms with van der Waals surface area (Å²) in [6.07, 6.45) is 5.99. The molecule has 2 rings (SSSR count). The maximum absolute atomic E-state index is 11.2. The zero-order valence-corrected chi connectivity index (χ0v) is 9.53. The monoisotopic (exact) mass is 209 g/mol. The Morgan fingerprint density at radius 3 is 3.13 bits per heavy atom. The van der Waals surface area contributed by atoms with Crippen molar-refractivity contribution in [1.29, 1.82) is 0 Å². The number of hydrogen-bond acceptors (Lipinski definition) is 3. The zero-order valence-electron chi connectivity index (χ0n) is 9.53. The standard InChI is InChI=1S/C12H19NO2/c1-3-12(14)15-10-5-4-9-6-7-13(2)11(9)8-10/h8-9,11H,3-7H2,1-2H3. The van der Waals surface area contributed by atoms with Crippen molar-refractivity contribution in [1.82, 2.24) is 4.90 Å². The van der Waals surface area contributed by atoms with Gasteiger partial charge in [-0.1, -0.05) is 6.92 Å². The topological polar surface area (TPSA) is 29.5 Å². The predicted octanol–water partition coefficient (Wildman–Crippen LogP) is 1.94. The van der Waals surface area contributed by atoms with Crippen molar-refractivity contribution in [2.24, 2.45) is 5.92 Å². The molecule has 0 N–H and O–H groups in total. The van der Waals surface area contributed by atoms with Gasteiger partial charge in [-0.3, -0.25) is 9.69 Å². The Labute approximate surface area is 91.1 Å². The van der Waals surface area contributed by atoms with E-state index in [9.17, 15) is 4.79 Å². The van der Waals surface area contributed by atoms with E-state index in [4.69, 9.17) is 4.74 Å². The van der Waals surface area contributed by atoms with Gasteiger partial charge in [-0.15, -0.1) is 0 Å². The number of esters is 1. The number of likely N-dealkylation sites (tertiary alicyclic amines) is 1. The number of hydrogen-bond donors (Lipinski definition) is 0. The summed E-state index contributed by atoms with van der Waals surface area (Å²) in [7, 11) is 2.14. The molecular formula is C12H19NO2. The van der Waals surface area contributed by atoms with E-state index in [-0.39, 0.29) is 5.97 Å². The second-order valence-corrected chi connectivity index (χ2v) is 4.52. The van der Waals surface area contributed by atoms with E-state index in [0.717, 1.165) is 24.5 Å². The van der Waals surface area contributed by atoms with Crippen molar-refractivity contribution in [2.45, 2.75) is 38.6 Å².